The van der Waals surface area contributed by atoms with E-state index in [-0.39, 0.29) is 24.0 Å². The third-order valence-electron chi connectivity index (χ3n) is 4.34. The Hall–Kier alpha value is -1.26. The van der Waals surface area contributed by atoms with Crippen molar-refractivity contribution in [1.82, 2.24) is 15.5 Å². The number of ether oxygens (including phenoxy) is 3. The average molecular weight is 506 g/mol. The van der Waals surface area contributed by atoms with Gasteiger partial charge in [0.05, 0.1) is 33.5 Å². The number of aliphatic imine (C=N–C) groups is 1. The number of nitrogens with zero attached hydrogens (tertiary/aromatic N) is 2. The summed E-state index contributed by atoms with van der Waals surface area (Å²) in [6.45, 7) is 11.8. The molecule has 8 heteroatoms. The molecule has 0 unspecified atom stereocenters. The first-order chi connectivity index (χ1) is 13.3. The van der Waals surface area contributed by atoms with Crippen LogP contribution in [-0.4, -0.2) is 70.5 Å². The largest absolute Gasteiger partial charge is 0.493 e. The van der Waals surface area contributed by atoms with Gasteiger partial charge in [0.15, 0.2) is 17.5 Å². The van der Waals surface area contributed by atoms with Gasteiger partial charge in [0.25, 0.3) is 0 Å². The monoisotopic (exact) mass is 506 g/mol. The molecule has 0 aliphatic carbocycles. The van der Waals surface area contributed by atoms with Gasteiger partial charge in [-0.3, -0.25) is 4.90 Å². The number of morpholine rings is 1. The van der Waals surface area contributed by atoms with E-state index in [0.717, 1.165) is 75.4 Å². The lowest BCUT2D eigenvalue weighted by Gasteiger charge is -2.26. The van der Waals surface area contributed by atoms with Gasteiger partial charge in [-0.15, -0.1) is 24.0 Å². The predicted molar refractivity (Wildman–Crippen MR) is 124 cm³/mol. The summed E-state index contributed by atoms with van der Waals surface area (Å²) in [5.41, 5.74) is 1.09. The van der Waals surface area contributed by atoms with Gasteiger partial charge in [-0.2, -0.15) is 0 Å². The molecule has 0 bridgehead atoms. The fraction of sp³-hybridized carbons (Fsp3) is 0.650. The Labute approximate surface area is 186 Å². The van der Waals surface area contributed by atoms with E-state index in [4.69, 9.17) is 14.2 Å². The van der Waals surface area contributed by atoms with Gasteiger partial charge in [0.2, 0.25) is 0 Å². The van der Waals surface area contributed by atoms with Gasteiger partial charge in [0.1, 0.15) is 0 Å². The first-order valence-corrected chi connectivity index (χ1v) is 9.88. The van der Waals surface area contributed by atoms with Crippen LogP contribution < -0.4 is 20.1 Å². The normalized spacial score (nSPS) is 14.9. The van der Waals surface area contributed by atoms with Crippen LogP contribution in [-0.2, 0) is 11.3 Å². The second-order valence-electron chi connectivity index (χ2n) is 6.35. The van der Waals surface area contributed by atoms with Crippen molar-refractivity contribution in [3.63, 3.8) is 0 Å². The van der Waals surface area contributed by atoms with Crippen LogP contribution in [0.15, 0.2) is 23.2 Å². The van der Waals surface area contributed by atoms with E-state index in [1.165, 1.54) is 0 Å². The Balaban J connectivity index is 0.00000392. The fourth-order valence-electron chi connectivity index (χ4n) is 2.93. The highest BCUT2D eigenvalue weighted by Gasteiger charge is 2.09. The summed E-state index contributed by atoms with van der Waals surface area (Å²) in [5.74, 6) is 2.35. The van der Waals surface area contributed by atoms with E-state index >= 15 is 0 Å². The zero-order chi connectivity index (χ0) is 19.3. The molecule has 0 saturated carbocycles. The summed E-state index contributed by atoms with van der Waals surface area (Å²) in [7, 11) is 1.65. The standard InChI is InChI=1S/C20H34N4O3.HI/c1-4-21-20(22-9-6-10-24-11-13-26-14-12-24)23-16-17-7-8-18(25-3)19(15-17)27-5-2;/h7-8,15H,4-6,9-14,16H2,1-3H3,(H2,21,22,23);1H. The molecule has 1 aliphatic rings. The van der Waals surface area contributed by atoms with Gasteiger partial charge in [0, 0.05) is 26.2 Å². The molecule has 1 aromatic carbocycles. The number of hydrogen-bond donors (Lipinski definition) is 2. The van der Waals surface area contributed by atoms with E-state index in [1.54, 1.807) is 7.11 Å². The van der Waals surface area contributed by atoms with Crippen LogP contribution in [0.5, 0.6) is 11.5 Å². The van der Waals surface area contributed by atoms with Crippen LogP contribution in [0.1, 0.15) is 25.8 Å². The molecule has 1 fully saturated rings. The maximum atomic E-state index is 5.64. The van der Waals surface area contributed by atoms with Crippen molar-refractivity contribution >= 4 is 29.9 Å². The van der Waals surface area contributed by atoms with E-state index in [0.29, 0.717) is 13.2 Å². The Morgan fingerprint density at radius 2 is 1.96 bits per heavy atom. The summed E-state index contributed by atoms with van der Waals surface area (Å²) >= 11 is 0. The van der Waals surface area contributed by atoms with Crippen molar-refractivity contribution < 1.29 is 14.2 Å². The molecular formula is C20H35IN4O3. The maximum Gasteiger partial charge on any atom is 0.191 e. The maximum absolute atomic E-state index is 5.64. The lowest BCUT2D eigenvalue weighted by molar-refractivity contribution is 0.0376. The minimum Gasteiger partial charge on any atom is -0.493 e. The highest BCUT2D eigenvalue weighted by molar-refractivity contribution is 14.0. The van der Waals surface area contributed by atoms with Crippen molar-refractivity contribution in [3.05, 3.63) is 23.8 Å². The fourth-order valence-corrected chi connectivity index (χ4v) is 2.93. The molecule has 1 aliphatic heterocycles. The van der Waals surface area contributed by atoms with Crippen LogP contribution in [0.25, 0.3) is 0 Å². The summed E-state index contributed by atoms with van der Waals surface area (Å²) in [6.07, 6.45) is 1.08. The second-order valence-corrected chi connectivity index (χ2v) is 6.35. The molecule has 1 aromatic rings. The SMILES string of the molecule is CCNC(=NCc1ccc(OC)c(OCC)c1)NCCCN1CCOCC1.I. The molecule has 1 heterocycles. The lowest BCUT2D eigenvalue weighted by atomic mass is 10.2. The topological polar surface area (TPSA) is 67.4 Å². The molecule has 0 spiro atoms. The molecule has 0 amide bonds. The zero-order valence-electron chi connectivity index (χ0n) is 17.3. The third-order valence-corrected chi connectivity index (χ3v) is 4.34. The molecule has 28 heavy (non-hydrogen) atoms. The van der Waals surface area contributed by atoms with Gasteiger partial charge >= 0.3 is 0 Å². The smallest absolute Gasteiger partial charge is 0.191 e. The minimum absolute atomic E-state index is 0. The molecule has 0 atom stereocenters. The molecule has 0 aromatic heterocycles. The van der Waals surface area contributed by atoms with Crippen molar-refractivity contribution in [2.24, 2.45) is 4.99 Å². The lowest BCUT2D eigenvalue weighted by Crippen LogP contribution is -2.40. The summed E-state index contributed by atoms with van der Waals surface area (Å²) in [6, 6.07) is 5.94. The van der Waals surface area contributed by atoms with E-state index < -0.39 is 0 Å². The Morgan fingerprint density at radius 3 is 2.64 bits per heavy atom. The van der Waals surface area contributed by atoms with Crippen molar-refractivity contribution in [2.75, 3.05) is 59.7 Å². The number of nitrogens with one attached hydrogen (secondary N) is 2. The van der Waals surface area contributed by atoms with Crippen molar-refractivity contribution in [3.8, 4) is 11.5 Å². The van der Waals surface area contributed by atoms with Crippen LogP contribution in [0.3, 0.4) is 0 Å². The summed E-state index contributed by atoms with van der Waals surface area (Å²) in [4.78, 5) is 7.14. The zero-order valence-corrected chi connectivity index (χ0v) is 19.7. The Kier molecular flexibility index (Phi) is 13.0. The molecule has 2 N–H and O–H groups in total. The highest BCUT2D eigenvalue weighted by Crippen LogP contribution is 2.28. The summed E-state index contributed by atoms with van der Waals surface area (Å²) < 4.78 is 16.4. The average Bonchev–Trinajstić information content (AvgIpc) is 2.70. The van der Waals surface area contributed by atoms with E-state index in [1.807, 2.05) is 25.1 Å². The van der Waals surface area contributed by atoms with Crippen LogP contribution in [0.4, 0.5) is 0 Å². The number of guanidine groups is 1. The van der Waals surface area contributed by atoms with Crippen molar-refractivity contribution in [1.29, 1.82) is 0 Å². The number of halogens is 1. The molecule has 0 radical (unpaired) electrons. The van der Waals surface area contributed by atoms with Crippen molar-refractivity contribution in [2.45, 2.75) is 26.8 Å². The quantitative estimate of drug-likeness (QED) is 0.220. The molecule has 160 valence electrons. The predicted octanol–water partition coefficient (Wildman–Crippen LogP) is 2.49. The number of benzene rings is 1. The van der Waals surface area contributed by atoms with Gasteiger partial charge in [-0.25, -0.2) is 4.99 Å². The number of rotatable bonds is 10. The Morgan fingerprint density at radius 1 is 1.18 bits per heavy atom. The minimum atomic E-state index is 0. The molecule has 7 nitrogen and oxygen atoms in total. The van der Waals surface area contributed by atoms with Gasteiger partial charge < -0.3 is 24.8 Å². The second kappa shape index (κ2) is 14.7. The van der Waals surface area contributed by atoms with E-state index in [9.17, 15) is 0 Å². The van der Waals surface area contributed by atoms with Gasteiger partial charge in [-0.05, 0) is 44.5 Å². The summed E-state index contributed by atoms with van der Waals surface area (Å²) in [5, 5.41) is 6.72. The van der Waals surface area contributed by atoms with Crippen LogP contribution in [0.2, 0.25) is 0 Å². The number of methoxy groups -OCH3 is 1. The third kappa shape index (κ3) is 8.83. The highest BCUT2D eigenvalue weighted by atomic mass is 127. The van der Waals surface area contributed by atoms with Gasteiger partial charge in [-0.1, -0.05) is 6.07 Å². The molecular weight excluding hydrogens is 471 g/mol. The molecule has 2 rings (SSSR count). The number of hydrogen-bond acceptors (Lipinski definition) is 5. The van der Waals surface area contributed by atoms with E-state index in [2.05, 4.69) is 27.4 Å². The Bertz CT molecular complexity index is 581. The van der Waals surface area contributed by atoms with Crippen LogP contribution >= 0.6 is 24.0 Å². The first kappa shape index (κ1) is 24.8. The molecule has 1 saturated heterocycles. The first-order valence-electron chi connectivity index (χ1n) is 9.88. The van der Waals surface area contributed by atoms with Crippen LogP contribution in [0, 0.1) is 0 Å².